The third-order valence-corrected chi connectivity index (χ3v) is 4.32. The number of hydrogen-bond donors (Lipinski definition) is 1. The molecule has 1 aromatic carbocycles. The molecule has 24 heavy (non-hydrogen) atoms. The van der Waals surface area contributed by atoms with Crippen LogP contribution in [0.15, 0.2) is 35.6 Å². The predicted octanol–water partition coefficient (Wildman–Crippen LogP) is 6.13. The summed E-state index contributed by atoms with van der Waals surface area (Å²) in [7, 11) is 0. The Kier molecular flexibility index (Phi) is 9.90. The van der Waals surface area contributed by atoms with E-state index in [0.717, 1.165) is 24.2 Å². The number of unbranched alkanes of at least 4 members (excludes halogenated alkanes) is 6. The van der Waals surface area contributed by atoms with Gasteiger partial charge in [0.15, 0.2) is 0 Å². The Morgan fingerprint density at radius 2 is 1.62 bits per heavy atom. The SMILES string of the molecule is CCCCCCCCCc1ccccc1O/C(CC)=C(\C)C(=O)O. The molecule has 1 N–H and O–H groups in total. The zero-order chi connectivity index (χ0) is 17.8. The molecule has 0 spiro atoms. The number of rotatable bonds is 12. The van der Waals surface area contributed by atoms with Crippen molar-refractivity contribution >= 4 is 5.97 Å². The zero-order valence-electron chi connectivity index (χ0n) is 15.4. The first kappa shape index (κ1) is 20.3. The van der Waals surface area contributed by atoms with Crippen LogP contribution in [-0.4, -0.2) is 11.1 Å². The molecule has 3 heteroatoms. The summed E-state index contributed by atoms with van der Waals surface area (Å²) < 4.78 is 5.93. The molecule has 0 atom stereocenters. The molecule has 0 fully saturated rings. The molecule has 0 aliphatic rings. The van der Waals surface area contributed by atoms with Gasteiger partial charge in [-0.15, -0.1) is 0 Å². The fourth-order valence-corrected chi connectivity index (χ4v) is 2.75. The van der Waals surface area contributed by atoms with Crippen LogP contribution < -0.4 is 4.74 Å². The van der Waals surface area contributed by atoms with E-state index in [1.54, 1.807) is 6.92 Å². The Bertz CT molecular complexity index is 532. The van der Waals surface area contributed by atoms with E-state index >= 15 is 0 Å². The smallest absolute Gasteiger partial charge is 0.334 e. The van der Waals surface area contributed by atoms with Gasteiger partial charge in [0.05, 0.1) is 5.57 Å². The number of carboxylic acid groups (broad SMARTS) is 1. The van der Waals surface area contributed by atoms with Crippen LogP contribution in [0.4, 0.5) is 0 Å². The molecule has 134 valence electrons. The van der Waals surface area contributed by atoms with E-state index < -0.39 is 5.97 Å². The fraction of sp³-hybridized carbons (Fsp3) is 0.571. The second kappa shape index (κ2) is 11.7. The molecule has 0 saturated carbocycles. The summed E-state index contributed by atoms with van der Waals surface area (Å²) in [5.41, 5.74) is 1.44. The quantitative estimate of drug-likeness (QED) is 0.284. The van der Waals surface area contributed by atoms with E-state index in [-0.39, 0.29) is 5.57 Å². The Labute approximate surface area is 146 Å². The lowest BCUT2D eigenvalue weighted by Gasteiger charge is -2.14. The maximum absolute atomic E-state index is 11.2. The van der Waals surface area contributed by atoms with Gasteiger partial charge in [0, 0.05) is 6.42 Å². The first-order chi connectivity index (χ1) is 11.6. The molecular weight excluding hydrogens is 300 g/mol. The van der Waals surface area contributed by atoms with Gasteiger partial charge in [0.25, 0.3) is 0 Å². The van der Waals surface area contributed by atoms with Crippen molar-refractivity contribution in [2.75, 3.05) is 0 Å². The summed E-state index contributed by atoms with van der Waals surface area (Å²) in [6.07, 6.45) is 10.5. The summed E-state index contributed by atoms with van der Waals surface area (Å²) in [6.45, 7) is 5.75. The molecule has 0 aliphatic carbocycles. The van der Waals surface area contributed by atoms with Crippen molar-refractivity contribution in [2.24, 2.45) is 0 Å². The molecule has 0 radical (unpaired) electrons. The number of allylic oxidation sites excluding steroid dienone is 1. The van der Waals surface area contributed by atoms with Gasteiger partial charge in [-0.25, -0.2) is 4.79 Å². The number of aryl methyl sites for hydroxylation is 1. The van der Waals surface area contributed by atoms with Crippen molar-refractivity contribution in [3.63, 3.8) is 0 Å². The summed E-state index contributed by atoms with van der Waals surface area (Å²) in [5.74, 6) is 0.409. The zero-order valence-corrected chi connectivity index (χ0v) is 15.4. The van der Waals surface area contributed by atoms with Gasteiger partial charge in [0.1, 0.15) is 11.5 Å². The van der Waals surface area contributed by atoms with Crippen LogP contribution in [0.2, 0.25) is 0 Å². The van der Waals surface area contributed by atoms with Crippen LogP contribution in [0, 0.1) is 0 Å². The molecule has 1 rings (SSSR count). The molecule has 0 unspecified atom stereocenters. The van der Waals surface area contributed by atoms with Crippen LogP contribution in [0.1, 0.15) is 77.7 Å². The Hall–Kier alpha value is -1.77. The van der Waals surface area contributed by atoms with E-state index in [9.17, 15) is 4.79 Å². The molecule has 0 heterocycles. The number of ether oxygens (including phenoxy) is 1. The molecule has 0 aliphatic heterocycles. The highest BCUT2D eigenvalue weighted by Gasteiger charge is 2.12. The number of aliphatic carboxylic acids is 1. The largest absolute Gasteiger partial charge is 0.478 e. The highest BCUT2D eigenvalue weighted by atomic mass is 16.5. The summed E-state index contributed by atoms with van der Waals surface area (Å²) in [4.78, 5) is 11.2. The van der Waals surface area contributed by atoms with Crippen molar-refractivity contribution in [1.82, 2.24) is 0 Å². The molecule has 1 aromatic rings. The average Bonchev–Trinajstić information content (AvgIpc) is 2.59. The molecule has 0 saturated heterocycles. The molecule has 0 amide bonds. The standard InChI is InChI=1S/C21H32O3/c1-4-6-7-8-9-10-11-14-18-15-12-13-16-20(18)24-19(5-2)17(3)21(22)23/h12-13,15-16H,4-11,14H2,1-3H3,(H,22,23)/b19-17+. The summed E-state index contributed by atoms with van der Waals surface area (Å²) >= 11 is 0. The van der Waals surface area contributed by atoms with Gasteiger partial charge in [-0.3, -0.25) is 0 Å². The van der Waals surface area contributed by atoms with Crippen molar-refractivity contribution < 1.29 is 14.6 Å². The number of carbonyl (C=O) groups is 1. The van der Waals surface area contributed by atoms with E-state index in [1.165, 1.54) is 38.5 Å². The van der Waals surface area contributed by atoms with Crippen molar-refractivity contribution in [2.45, 2.75) is 78.6 Å². The van der Waals surface area contributed by atoms with Crippen LogP contribution in [-0.2, 0) is 11.2 Å². The second-order valence-electron chi connectivity index (χ2n) is 6.29. The summed E-state index contributed by atoms with van der Waals surface area (Å²) in [6, 6.07) is 7.97. The predicted molar refractivity (Wildman–Crippen MR) is 99.4 cm³/mol. The first-order valence-electron chi connectivity index (χ1n) is 9.28. The van der Waals surface area contributed by atoms with Crippen LogP contribution in [0.5, 0.6) is 5.75 Å². The van der Waals surface area contributed by atoms with E-state index in [2.05, 4.69) is 13.0 Å². The number of para-hydroxylation sites is 1. The van der Waals surface area contributed by atoms with Crippen molar-refractivity contribution in [3.05, 3.63) is 41.2 Å². The lowest BCUT2D eigenvalue weighted by molar-refractivity contribution is -0.132. The minimum absolute atomic E-state index is 0.281. The third-order valence-electron chi connectivity index (χ3n) is 4.32. The highest BCUT2D eigenvalue weighted by Crippen LogP contribution is 2.25. The van der Waals surface area contributed by atoms with Gasteiger partial charge in [-0.1, -0.05) is 70.6 Å². The third kappa shape index (κ3) is 7.20. The fourth-order valence-electron chi connectivity index (χ4n) is 2.75. The lowest BCUT2D eigenvalue weighted by Crippen LogP contribution is -2.07. The Balaban J connectivity index is 2.58. The van der Waals surface area contributed by atoms with Gasteiger partial charge >= 0.3 is 5.97 Å². The van der Waals surface area contributed by atoms with E-state index in [1.807, 2.05) is 25.1 Å². The number of benzene rings is 1. The van der Waals surface area contributed by atoms with E-state index in [4.69, 9.17) is 9.84 Å². The van der Waals surface area contributed by atoms with Gasteiger partial charge in [-0.05, 0) is 31.4 Å². The topological polar surface area (TPSA) is 46.5 Å². The molecule has 0 bridgehead atoms. The lowest BCUT2D eigenvalue weighted by atomic mass is 10.0. The molecule has 3 nitrogen and oxygen atoms in total. The van der Waals surface area contributed by atoms with Crippen LogP contribution in [0.3, 0.4) is 0 Å². The highest BCUT2D eigenvalue weighted by molar-refractivity contribution is 5.86. The second-order valence-corrected chi connectivity index (χ2v) is 6.29. The van der Waals surface area contributed by atoms with Gasteiger partial charge in [0.2, 0.25) is 0 Å². The Morgan fingerprint density at radius 3 is 2.25 bits per heavy atom. The molecule has 0 aromatic heterocycles. The minimum atomic E-state index is -0.920. The first-order valence-corrected chi connectivity index (χ1v) is 9.28. The van der Waals surface area contributed by atoms with Crippen LogP contribution >= 0.6 is 0 Å². The van der Waals surface area contributed by atoms with E-state index in [0.29, 0.717) is 12.2 Å². The maximum Gasteiger partial charge on any atom is 0.334 e. The van der Waals surface area contributed by atoms with Crippen LogP contribution in [0.25, 0.3) is 0 Å². The number of hydrogen-bond acceptors (Lipinski definition) is 2. The normalized spacial score (nSPS) is 12.0. The maximum atomic E-state index is 11.2. The van der Waals surface area contributed by atoms with Crippen molar-refractivity contribution in [3.8, 4) is 5.75 Å². The summed E-state index contributed by atoms with van der Waals surface area (Å²) in [5, 5.41) is 9.15. The van der Waals surface area contributed by atoms with Gasteiger partial charge in [-0.2, -0.15) is 0 Å². The van der Waals surface area contributed by atoms with Gasteiger partial charge < -0.3 is 9.84 Å². The number of carboxylic acids is 1. The average molecular weight is 332 g/mol. The molecular formula is C21H32O3. The minimum Gasteiger partial charge on any atom is -0.478 e. The Morgan fingerprint density at radius 1 is 1.00 bits per heavy atom. The van der Waals surface area contributed by atoms with Crippen molar-refractivity contribution in [1.29, 1.82) is 0 Å². The monoisotopic (exact) mass is 332 g/mol.